The number of benzene rings is 1. The van der Waals surface area contributed by atoms with Gasteiger partial charge in [0.2, 0.25) is 0 Å². The summed E-state index contributed by atoms with van der Waals surface area (Å²) in [4.78, 5) is 24.0. The lowest BCUT2D eigenvalue weighted by atomic mass is 9.88. The Morgan fingerprint density at radius 2 is 2.24 bits per heavy atom. The predicted molar refractivity (Wildman–Crippen MR) is 81.1 cm³/mol. The van der Waals surface area contributed by atoms with E-state index in [2.05, 4.69) is 15.9 Å². The number of hydrogen-bond acceptors (Lipinski definition) is 4. The van der Waals surface area contributed by atoms with E-state index in [-0.39, 0.29) is 5.69 Å². The molecule has 1 heterocycles. The molecule has 1 N–H and O–H groups in total. The number of carboxylic acids is 1. The van der Waals surface area contributed by atoms with E-state index in [1.165, 1.54) is 6.07 Å². The van der Waals surface area contributed by atoms with Gasteiger partial charge < -0.3 is 5.11 Å². The maximum absolute atomic E-state index is 11.6. The number of hydrogen-bond donors (Lipinski definition) is 1. The molecule has 1 aromatic rings. The monoisotopic (exact) mass is 356 g/mol. The summed E-state index contributed by atoms with van der Waals surface area (Å²) in [6.45, 7) is 2.78. The third-order valence-electron chi connectivity index (χ3n) is 4.12. The van der Waals surface area contributed by atoms with Crippen molar-refractivity contribution < 1.29 is 14.8 Å². The fourth-order valence-corrected chi connectivity index (χ4v) is 3.24. The second-order valence-electron chi connectivity index (χ2n) is 5.47. The van der Waals surface area contributed by atoms with Gasteiger partial charge in [0.15, 0.2) is 0 Å². The molecule has 1 aliphatic rings. The van der Waals surface area contributed by atoms with Crippen molar-refractivity contribution in [3.05, 3.63) is 38.3 Å². The first-order valence-electron chi connectivity index (χ1n) is 6.76. The highest BCUT2D eigenvalue weighted by atomic mass is 79.9. The van der Waals surface area contributed by atoms with Gasteiger partial charge in [-0.2, -0.15) is 0 Å². The number of carboxylic acid groups (broad SMARTS) is 1. The molecule has 1 aromatic carbocycles. The molecule has 1 fully saturated rings. The van der Waals surface area contributed by atoms with E-state index in [0.29, 0.717) is 24.0 Å². The summed E-state index contributed by atoms with van der Waals surface area (Å²) in [5, 5.41) is 20.5. The molecule has 0 saturated carbocycles. The van der Waals surface area contributed by atoms with Crippen LogP contribution < -0.4 is 0 Å². The standard InChI is InChI=1S/C14H17BrN2O4/c1-14(13(18)19)7-2-3-8-16(14)9-10-5-4-6-11(12(10)15)17(20)21/h4-6H,2-3,7-9H2,1H3,(H,18,19). The Balaban J connectivity index is 2.30. The molecule has 7 heteroatoms. The van der Waals surface area contributed by atoms with Gasteiger partial charge >= 0.3 is 5.97 Å². The molecule has 0 aliphatic carbocycles. The molecule has 6 nitrogen and oxygen atoms in total. The van der Waals surface area contributed by atoms with E-state index in [1.54, 1.807) is 19.1 Å². The first-order valence-corrected chi connectivity index (χ1v) is 7.56. The second kappa shape index (κ2) is 6.11. The first-order chi connectivity index (χ1) is 9.86. The lowest BCUT2D eigenvalue weighted by molar-refractivity contribution is -0.385. The van der Waals surface area contributed by atoms with Crippen molar-refractivity contribution in [3.63, 3.8) is 0 Å². The van der Waals surface area contributed by atoms with Crippen molar-refractivity contribution in [1.29, 1.82) is 0 Å². The Hall–Kier alpha value is -1.47. The number of likely N-dealkylation sites (tertiary alicyclic amines) is 1. The first kappa shape index (κ1) is 15.9. The molecule has 0 radical (unpaired) electrons. The molecule has 21 heavy (non-hydrogen) atoms. The Labute approximate surface area is 131 Å². The number of piperidine rings is 1. The van der Waals surface area contributed by atoms with Gasteiger partial charge in [0.25, 0.3) is 5.69 Å². The van der Waals surface area contributed by atoms with Crippen molar-refractivity contribution >= 4 is 27.6 Å². The average molecular weight is 357 g/mol. The number of nitro groups is 1. The van der Waals surface area contributed by atoms with Gasteiger partial charge in [0, 0.05) is 12.6 Å². The minimum absolute atomic E-state index is 0.00142. The van der Waals surface area contributed by atoms with Gasteiger partial charge in [0.05, 0.1) is 9.40 Å². The zero-order valence-electron chi connectivity index (χ0n) is 11.7. The van der Waals surface area contributed by atoms with E-state index in [4.69, 9.17) is 0 Å². The molecule has 1 unspecified atom stereocenters. The zero-order chi connectivity index (χ0) is 15.6. The summed E-state index contributed by atoms with van der Waals surface area (Å²) in [6.07, 6.45) is 2.42. The molecule has 0 amide bonds. The average Bonchev–Trinajstić information content (AvgIpc) is 2.43. The zero-order valence-corrected chi connectivity index (χ0v) is 13.3. The number of carbonyl (C=O) groups is 1. The fourth-order valence-electron chi connectivity index (χ4n) is 2.71. The molecule has 0 spiro atoms. The predicted octanol–water partition coefficient (Wildman–Crippen LogP) is 3.19. The third kappa shape index (κ3) is 3.08. The van der Waals surface area contributed by atoms with Crippen LogP contribution in [0.2, 0.25) is 0 Å². The van der Waals surface area contributed by atoms with Crippen molar-refractivity contribution in [2.45, 2.75) is 38.3 Å². The normalized spacial score (nSPS) is 23.0. The molecular weight excluding hydrogens is 340 g/mol. The van der Waals surface area contributed by atoms with Crippen molar-refractivity contribution in [2.24, 2.45) is 0 Å². The highest BCUT2D eigenvalue weighted by Crippen LogP contribution is 2.34. The SMILES string of the molecule is CC1(C(=O)O)CCCCN1Cc1cccc([N+](=O)[O-])c1Br. The second-order valence-corrected chi connectivity index (χ2v) is 6.26. The molecule has 1 saturated heterocycles. The number of aliphatic carboxylic acids is 1. The van der Waals surface area contributed by atoms with Crippen LogP contribution in [0.4, 0.5) is 5.69 Å². The van der Waals surface area contributed by atoms with Crippen LogP contribution in [0.15, 0.2) is 22.7 Å². The van der Waals surface area contributed by atoms with Gasteiger partial charge in [-0.3, -0.25) is 19.8 Å². The molecule has 0 aromatic heterocycles. The van der Waals surface area contributed by atoms with E-state index < -0.39 is 16.4 Å². The maximum atomic E-state index is 11.6. The van der Waals surface area contributed by atoms with E-state index in [0.717, 1.165) is 18.4 Å². The smallest absolute Gasteiger partial charge is 0.323 e. The molecule has 114 valence electrons. The van der Waals surface area contributed by atoms with Gasteiger partial charge in [-0.05, 0) is 54.2 Å². The topological polar surface area (TPSA) is 83.7 Å². The van der Waals surface area contributed by atoms with Gasteiger partial charge in [-0.1, -0.05) is 12.1 Å². The molecular formula is C14H17BrN2O4. The fraction of sp³-hybridized carbons (Fsp3) is 0.500. The maximum Gasteiger partial charge on any atom is 0.323 e. The van der Waals surface area contributed by atoms with Gasteiger partial charge in [-0.25, -0.2) is 0 Å². The molecule has 1 atom stereocenters. The molecule has 1 aliphatic heterocycles. The lowest BCUT2D eigenvalue weighted by Crippen LogP contribution is -2.54. The number of rotatable bonds is 4. The summed E-state index contributed by atoms with van der Waals surface area (Å²) in [5.74, 6) is -0.844. The van der Waals surface area contributed by atoms with Crippen LogP contribution in [0, 0.1) is 10.1 Å². The Morgan fingerprint density at radius 3 is 2.86 bits per heavy atom. The molecule has 2 rings (SSSR count). The summed E-state index contributed by atoms with van der Waals surface area (Å²) < 4.78 is 0.424. The third-order valence-corrected chi connectivity index (χ3v) is 5.03. The largest absolute Gasteiger partial charge is 0.480 e. The van der Waals surface area contributed by atoms with E-state index in [1.807, 2.05) is 4.90 Å². The minimum Gasteiger partial charge on any atom is -0.480 e. The van der Waals surface area contributed by atoms with Crippen molar-refractivity contribution in [3.8, 4) is 0 Å². The van der Waals surface area contributed by atoms with Crippen molar-refractivity contribution in [1.82, 2.24) is 4.90 Å². The van der Waals surface area contributed by atoms with Crippen LogP contribution in [0.25, 0.3) is 0 Å². The summed E-state index contributed by atoms with van der Waals surface area (Å²) >= 11 is 3.27. The quantitative estimate of drug-likeness (QED) is 0.661. The van der Waals surface area contributed by atoms with Crippen LogP contribution in [0.5, 0.6) is 0 Å². The Bertz CT molecular complexity index is 578. The summed E-state index contributed by atoms with van der Waals surface area (Å²) in [5.41, 5.74) is -0.178. The van der Waals surface area contributed by atoms with E-state index in [9.17, 15) is 20.0 Å². The van der Waals surface area contributed by atoms with Crippen LogP contribution in [0.1, 0.15) is 31.7 Å². The van der Waals surface area contributed by atoms with Crippen LogP contribution in [0.3, 0.4) is 0 Å². The van der Waals surface area contributed by atoms with Gasteiger partial charge in [0.1, 0.15) is 5.54 Å². The minimum atomic E-state index is -0.914. The number of nitrogens with zero attached hydrogens (tertiary/aromatic N) is 2. The Morgan fingerprint density at radius 1 is 1.52 bits per heavy atom. The van der Waals surface area contributed by atoms with Crippen LogP contribution in [-0.2, 0) is 11.3 Å². The number of halogens is 1. The summed E-state index contributed by atoms with van der Waals surface area (Å²) in [7, 11) is 0. The number of nitro benzene ring substituents is 1. The van der Waals surface area contributed by atoms with Crippen LogP contribution >= 0.6 is 15.9 Å². The highest BCUT2D eigenvalue weighted by Gasteiger charge is 2.41. The van der Waals surface area contributed by atoms with Crippen LogP contribution in [-0.4, -0.2) is 33.0 Å². The highest BCUT2D eigenvalue weighted by molar-refractivity contribution is 9.10. The van der Waals surface area contributed by atoms with Gasteiger partial charge in [-0.15, -0.1) is 0 Å². The Kier molecular flexibility index (Phi) is 4.63. The summed E-state index contributed by atoms with van der Waals surface area (Å²) in [6, 6.07) is 4.84. The van der Waals surface area contributed by atoms with Crippen molar-refractivity contribution in [2.75, 3.05) is 6.54 Å². The molecule has 0 bridgehead atoms. The van der Waals surface area contributed by atoms with E-state index >= 15 is 0 Å². The lowest BCUT2D eigenvalue weighted by Gasteiger charge is -2.41.